The van der Waals surface area contributed by atoms with Crippen molar-refractivity contribution in [2.24, 2.45) is 11.8 Å². The molecular formula is C21H23N3O6. The molecule has 1 aromatic carbocycles. The van der Waals surface area contributed by atoms with E-state index in [0.29, 0.717) is 24.1 Å². The van der Waals surface area contributed by atoms with E-state index in [1.54, 1.807) is 24.3 Å². The van der Waals surface area contributed by atoms with Gasteiger partial charge >= 0.3 is 5.97 Å². The number of carbonyl (C=O) groups is 5. The van der Waals surface area contributed by atoms with E-state index in [1.807, 2.05) is 12.2 Å². The molecule has 2 aliphatic rings. The minimum Gasteiger partial charge on any atom is -0.456 e. The quantitative estimate of drug-likeness (QED) is 0.389. The highest BCUT2D eigenvalue weighted by molar-refractivity contribution is 6.05. The second kappa shape index (κ2) is 9.34. The van der Waals surface area contributed by atoms with E-state index in [4.69, 9.17) is 4.74 Å². The van der Waals surface area contributed by atoms with E-state index in [-0.39, 0.29) is 42.5 Å². The van der Waals surface area contributed by atoms with E-state index in [9.17, 15) is 24.0 Å². The average molecular weight is 413 g/mol. The standard InChI is InChI=1S/C21H23N3O6/c1-22-19(27)13-6-8-14(9-7-13)23-17(25)12-30-18(26)10-11-24-20(28)15-4-2-3-5-16(15)21(24)29/h2-3,6-9,15-16H,4-5,10-12H2,1H3,(H,22,27)(H,23,25)/t15-,16-/m0/s1. The number of hydrogen-bond acceptors (Lipinski definition) is 6. The molecular weight excluding hydrogens is 390 g/mol. The Kier molecular flexibility index (Phi) is 6.61. The third-order valence-electron chi connectivity index (χ3n) is 5.16. The highest BCUT2D eigenvalue weighted by atomic mass is 16.5. The van der Waals surface area contributed by atoms with E-state index >= 15 is 0 Å². The maximum absolute atomic E-state index is 12.3. The van der Waals surface area contributed by atoms with E-state index in [0.717, 1.165) is 4.90 Å². The van der Waals surface area contributed by atoms with Crippen LogP contribution in [0, 0.1) is 11.8 Å². The van der Waals surface area contributed by atoms with Gasteiger partial charge in [0.2, 0.25) is 11.8 Å². The number of nitrogens with one attached hydrogen (secondary N) is 2. The molecule has 1 aliphatic heterocycles. The number of likely N-dealkylation sites (tertiary alicyclic amines) is 1. The summed E-state index contributed by atoms with van der Waals surface area (Å²) >= 11 is 0. The van der Waals surface area contributed by atoms with Crippen molar-refractivity contribution in [1.29, 1.82) is 0 Å². The van der Waals surface area contributed by atoms with Crippen LogP contribution >= 0.6 is 0 Å². The first-order valence-corrected chi connectivity index (χ1v) is 9.68. The van der Waals surface area contributed by atoms with Crippen LogP contribution < -0.4 is 10.6 Å². The van der Waals surface area contributed by atoms with Crippen molar-refractivity contribution in [3.8, 4) is 0 Å². The Hall–Kier alpha value is -3.49. The summed E-state index contributed by atoms with van der Waals surface area (Å²) in [5, 5.41) is 5.05. The number of allylic oxidation sites excluding steroid dienone is 2. The lowest BCUT2D eigenvalue weighted by Crippen LogP contribution is -2.33. The number of nitrogens with zero attached hydrogens (tertiary/aromatic N) is 1. The number of imide groups is 1. The molecule has 1 aromatic rings. The summed E-state index contributed by atoms with van der Waals surface area (Å²) in [6, 6.07) is 6.22. The topological polar surface area (TPSA) is 122 Å². The Morgan fingerprint density at radius 2 is 1.63 bits per heavy atom. The van der Waals surface area contributed by atoms with Crippen molar-refractivity contribution >= 4 is 35.3 Å². The van der Waals surface area contributed by atoms with Crippen molar-refractivity contribution in [1.82, 2.24) is 10.2 Å². The van der Waals surface area contributed by atoms with Gasteiger partial charge in [-0.2, -0.15) is 0 Å². The van der Waals surface area contributed by atoms with Gasteiger partial charge in [0.15, 0.2) is 6.61 Å². The van der Waals surface area contributed by atoms with Crippen LogP contribution in [0.5, 0.6) is 0 Å². The molecule has 1 aliphatic carbocycles. The fourth-order valence-electron chi connectivity index (χ4n) is 3.56. The normalized spacial score (nSPS) is 20.0. The van der Waals surface area contributed by atoms with E-state index in [1.165, 1.54) is 7.05 Å². The van der Waals surface area contributed by atoms with Gasteiger partial charge in [0.25, 0.3) is 11.8 Å². The summed E-state index contributed by atoms with van der Waals surface area (Å²) in [6.45, 7) is -0.542. The molecule has 9 heteroatoms. The first-order chi connectivity index (χ1) is 14.4. The Morgan fingerprint density at radius 3 is 2.20 bits per heavy atom. The maximum Gasteiger partial charge on any atom is 0.308 e. The zero-order valence-corrected chi connectivity index (χ0v) is 16.6. The molecule has 3 rings (SSSR count). The van der Waals surface area contributed by atoms with Crippen molar-refractivity contribution in [3.63, 3.8) is 0 Å². The van der Waals surface area contributed by atoms with Crippen molar-refractivity contribution in [2.45, 2.75) is 19.3 Å². The average Bonchev–Trinajstić information content (AvgIpc) is 3.01. The van der Waals surface area contributed by atoms with Gasteiger partial charge in [-0.05, 0) is 37.1 Å². The van der Waals surface area contributed by atoms with Crippen LogP contribution in [0.4, 0.5) is 5.69 Å². The minimum absolute atomic E-state index is 0.0495. The number of hydrogen-bond donors (Lipinski definition) is 2. The highest BCUT2D eigenvalue weighted by Gasteiger charge is 2.46. The number of fused-ring (bicyclic) bond motifs is 1. The summed E-state index contributed by atoms with van der Waals surface area (Å²) in [7, 11) is 1.52. The zero-order valence-electron chi connectivity index (χ0n) is 16.6. The van der Waals surface area contributed by atoms with Crippen molar-refractivity contribution < 1.29 is 28.7 Å². The second-order valence-electron chi connectivity index (χ2n) is 7.10. The monoisotopic (exact) mass is 413 g/mol. The third-order valence-corrected chi connectivity index (χ3v) is 5.16. The van der Waals surface area contributed by atoms with Gasteiger partial charge < -0.3 is 15.4 Å². The lowest BCUT2D eigenvalue weighted by atomic mass is 9.85. The molecule has 1 saturated heterocycles. The van der Waals surface area contributed by atoms with Gasteiger partial charge in [0.05, 0.1) is 18.3 Å². The van der Waals surface area contributed by atoms with Crippen LogP contribution in [0.15, 0.2) is 36.4 Å². The van der Waals surface area contributed by atoms with E-state index < -0.39 is 18.5 Å². The third kappa shape index (κ3) is 4.73. The van der Waals surface area contributed by atoms with Crippen molar-refractivity contribution in [2.75, 3.05) is 25.5 Å². The molecule has 9 nitrogen and oxygen atoms in total. The molecule has 0 aromatic heterocycles. The highest BCUT2D eigenvalue weighted by Crippen LogP contribution is 2.34. The lowest BCUT2D eigenvalue weighted by Gasteiger charge is -2.14. The van der Waals surface area contributed by atoms with Crippen LogP contribution in [0.25, 0.3) is 0 Å². The molecule has 0 saturated carbocycles. The van der Waals surface area contributed by atoms with Gasteiger partial charge in [-0.1, -0.05) is 12.2 Å². The molecule has 0 spiro atoms. The van der Waals surface area contributed by atoms with Gasteiger partial charge in [0, 0.05) is 24.8 Å². The van der Waals surface area contributed by atoms with Crippen molar-refractivity contribution in [3.05, 3.63) is 42.0 Å². The fraction of sp³-hybridized carbons (Fsp3) is 0.381. The minimum atomic E-state index is -0.672. The van der Waals surface area contributed by atoms with Gasteiger partial charge in [-0.3, -0.25) is 28.9 Å². The number of rotatable bonds is 7. The molecule has 1 heterocycles. The molecule has 2 N–H and O–H groups in total. The fourth-order valence-corrected chi connectivity index (χ4v) is 3.56. The first-order valence-electron chi connectivity index (χ1n) is 9.68. The Labute approximate surface area is 173 Å². The number of amides is 4. The Bertz CT molecular complexity index is 867. The van der Waals surface area contributed by atoms with Gasteiger partial charge in [0.1, 0.15) is 0 Å². The number of anilines is 1. The SMILES string of the molecule is CNC(=O)c1ccc(NC(=O)COC(=O)CCN2C(=O)[C@H]3CC=CC[C@@H]3C2=O)cc1. The molecule has 2 atom stereocenters. The number of carbonyl (C=O) groups excluding carboxylic acids is 5. The molecule has 0 radical (unpaired) electrons. The number of ether oxygens (including phenoxy) is 1. The predicted octanol–water partition coefficient (Wildman–Crippen LogP) is 0.869. The molecule has 1 fully saturated rings. The summed E-state index contributed by atoms with van der Waals surface area (Å²) in [6.07, 6.45) is 4.71. The molecule has 0 unspecified atom stereocenters. The predicted molar refractivity (Wildman–Crippen MR) is 106 cm³/mol. The van der Waals surface area contributed by atoms with Crippen LogP contribution in [-0.4, -0.2) is 54.7 Å². The smallest absolute Gasteiger partial charge is 0.308 e. The second-order valence-corrected chi connectivity index (χ2v) is 7.10. The first kappa shape index (κ1) is 21.2. The Morgan fingerprint density at radius 1 is 1.03 bits per heavy atom. The lowest BCUT2D eigenvalue weighted by molar-refractivity contribution is -0.148. The summed E-state index contributed by atoms with van der Waals surface area (Å²) in [5.41, 5.74) is 0.900. The number of esters is 1. The van der Waals surface area contributed by atoms with Crippen LogP contribution in [0.3, 0.4) is 0 Å². The Balaban J connectivity index is 1.41. The largest absolute Gasteiger partial charge is 0.456 e. The van der Waals surface area contributed by atoms with Gasteiger partial charge in [-0.15, -0.1) is 0 Å². The zero-order chi connectivity index (χ0) is 21.7. The van der Waals surface area contributed by atoms with Crippen LogP contribution in [0.2, 0.25) is 0 Å². The van der Waals surface area contributed by atoms with Crippen LogP contribution in [0.1, 0.15) is 29.6 Å². The number of benzene rings is 1. The van der Waals surface area contributed by atoms with E-state index in [2.05, 4.69) is 10.6 Å². The maximum atomic E-state index is 12.3. The molecule has 0 bridgehead atoms. The molecule has 4 amide bonds. The summed E-state index contributed by atoms with van der Waals surface area (Å²) in [4.78, 5) is 61.2. The molecule has 158 valence electrons. The summed E-state index contributed by atoms with van der Waals surface area (Å²) in [5.74, 6) is -2.62. The molecule has 30 heavy (non-hydrogen) atoms. The van der Waals surface area contributed by atoms with Crippen LogP contribution in [-0.2, 0) is 23.9 Å². The van der Waals surface area contributed by atoms with Gasteiger partial charge in [-0.25, -0.2) is 0 Å². The summed E-state index contributed by atoms with van der Waals surface area (Å²) < 4.78 is 4.93.